The molecule has 0 spiro atoms. The molecule has 0 saturated carbocycles. The van der Waals surface area contributed by atoms with E-state index in [1.165, 1.54) is 17.4 Å². The van der Waals surface area contributed by atoms with Gasteiger partial charge in [-0.2, -0.15) is 0 Å². The Hall–Kier alpha value is -3.25. The van der Waals surface area contributed by atoms with Gasteiger partial charge in [0.05, 0.1) is 5.69 Å². The second-order valence-electron chi connectivity index (χ2n) is 5.22. The van der Waals surface area contributed by atoms with Gasteiger partial charge in [-0.1, -0.05) is 42.5 Å². The quantitative estimate of drug-likeness (QED) is 0.691. The predicted molar refractivity (Wildman–Crippen MR) is 100 cm³/mol. The van der Waals surface area contributed by atoms with E-state index in [4.69, 9.17) is 5.73 Å². The first-order valence-corrected chi connectivity index (χ1v) is 8.40. The third-order valence-electron chi connectivity index (χ3n) is 3.40. The van der Waals surface area contributed by atoms with E-state index in [0.29, 0.717) is 16.4 Å². The molecule has 0 unspecified atom stereocenters. The molecule has 25 heavy (non-hydrogen) atoms. The number of anilines is 1. The average Bonchev–Trinajstić information content (AvgIpc) is 3.09. The molecule has 2 amide bonds. The predicted octanol–water partition coefficient (Wildman–Crippen LogP) is 3.56. The van der Waals surface area contributed by atoms with Crippen LogP contribution in [0.5, 0.6) is 0 Å². The van der Waals surface area contributed by atoms with E-state index < -0.39 is 5.91 Å². The van der Waals surface area contributed by atoms with Gasteiger partial charge in [0, 0.05) is 22.6 Å². The molecule has 2 aromatic carbocycles. The molecule has 0 fully saturated rings. The van der Waals surface area contributed by atoms with E-state index >= 15 is 0 Å². The lowest BCUT2D eigenvalue weighted by Crippen LogP contribution is -2.10. The Kier molecular flexibility index (Phi) is 5.01. The summed E-state index contributed by atoms with van der Waals surface area (Å²) in [6.07, 6.45) is 3.20. The Bertz CT molecular complexity index is 933. The number of thiazole rings is 1. The molecule has 124 valence electrons. The van der Waals surface area contributed by atoms with Crippen molar-refractivity contribution in [3.8, 4) is 11.3 Å². The van der Waals surface area contributed by atoms with E-state index in [9.17, 15) is 9.59 Å². The van der Waals surface area contributed by atoms with Crippen molar-refractivity contribution in [1.29, 1.82) is 0 Å². The number of primary amides is 1. The molecule has 0 aliphatic carbocycles. The van der Waals surface area contributed by atoms with Crippen molar-refractivity contribution >= 4 is 34.4 Å². The van der Waals surface area contributed by atoms with Crippen molar-refractivity contribution in [3.05, 3.63) is 77.2 Å². The third-order valence-corrected chi connectivity index (χ3v) is 4.16. The molecule has 0 aliphatic rings. The topological polar surface area (TPSA) is 85.1 Å². The summed E-state index contributed by atoms with van der Waals surface area (Å²) in [4.78, 5) is 27.6. The van der Waals surface area contributed by atoms with E-state index in [0.717, 1.165) is 11.1 Å². The second-order valence-corrected chi connectivity index (χ2v) is 6.07. The van der Waals surface area contributed by atoms with Gasteiger partial charge >= 0.3 is 0 Å². The van der Waals surface area contributed by atoms with Crippen LogP contribution < -0.4 is 11.1 Å². The fraction of sp³-hybridized carbons (Fsp3) is 0. The first-order chi connectivity index (χ1) is 12.1. The summed E-state index contributed by atoms with van der Waals surface area (Å²) in [5.41, 5.74) is 8.10. The molecule has 0 radical (unpaired) electrons. The number of benzene rings is 2. The molecule has 5 nitrogen and oxygen atoms in total. The van der Waals surface area contributed by atoms with Crippen molar-refractivity contribution < 1.29 is 9.59 Å². The minimum Gasteiger partial charge on any atom is -0.366 e. The summed E-state index contributed by atoms with van der Waals surface area (Å²) >= 11 is 1.32. The van der Waals surface area contributed by atoms with Crippen LogP contribution in [0.25, 0.3) is 17.3 Å². The van der Waals surface area contributed by atoms with Crippen LogP contribution in [-0.2, 0) is 4.79 Å². The van der Waals surface area contributed by atoms with Crippen LogP contribution in [0.3, 0.4) is 0 Å². The number of hydrogen-bond donors (Lipinski definition) is 2. The summed E-state index contributed by atoms with van der Waals surface area (Å²) in [5.74, 6) is -0.743. The largest absolute Gasteiger partial charge is 0.366 e. The lowest BCUT2D eigenvalue weighted by Gasteiger charge is -2.00. The minimum atomic E-state index is -0.489. The number of nitrogens with two attached hydrogens (primary N) is 1. The Morgan fingerprint density at radius 3 is 2.64 bits per heavy atom. The normalized spacial score (nSPS) is 10.7. The zero-order valence-corrected chi connectivity index (χ0v) is 14.0. The van der Waals surface area contributed by atoms with Gasteiger partial charge in [0.2, 0.25) is 11.8 Å². The summed E-state index contributed by atoms with van der Waals surface area (Å²) in [6, 6.07) is 16.5. The van der Waals surface area contributed by atoms with Crippen LogP contribution in [0.15, 0.2) is 66.1 Å². The highest BCUT2D eigenvalue weighted by Gasteiger charge is 2.08. The van der Waals surface area contributed by atoms with Crippen molar-refractivity contribution in [3.63, 3.8) is 0 Å². The van der Waals surface area contributed by atoms with E-state index in [1.807, 2.05) is 41.8 Å². The Morgan fingerprint density at radius 1 is 1.08 bits per heavy atom. The van der Waals surface area contributed by atoms with Crippen LogP contribution in [0.4, 0.5) is 5.13 Å². The molecular formula is C19H15N3O2S. The number of rotatable bonds is 5. The lowest BCUT2D eigenvalue weighted by atomic mass is 10.1. The van der Waals surface area contributed by atoms with Gasteiger partial charge in [0.15, 0.2) is 5.13 Å². The minimum absolute atomic E-state index is 0.254. The summed E-state index contributed by atoms with van der Waals surface area (Å²) < 4.78 is 0. The van der Waals surface area contributed by atoms with Gasteiger partial charge in [-0.3, -0.25) is 14.9 Å². The number of amides is 2. The van der Waals surface area contributed by atoms with Crippen molar-refractivity contribution in [2.24, 2.45) is 5.73 Å². The molecule has 0 atom stereocenters. The maximum atomic E-state index is 12.0. The van der Waals surface area contributed by atoms with Crippen molar-refractivity contribution in [2.75, 3.05) is 5.32 Å². The monoisotopic (exact) mass is 349 g/mol. The number of hydrogen-bond acceptors (Lipinski definition) is 4. The summed E-state index contributed by atoms with van der Waals surface area (Å²) in [5, 5.41) is 5.03. The van der Waals surface area contributed by atoms with Gasteiger partial charge in [0.25, 0.3) is 0 Å². The second kappa shape index (κ2) is 7.55. The zero-order chi connectivity index (χ0) is 17.6. The van der Waals surface area contributed by atoms with Crippen LogP contribution in [0.1, 0.15) is 15.9 Å². The van der Waals surface area contributed by atoms with E-state index in [2.05, 4.69) is 10.3 Å². The summed E-state index contributed by atoms with van der Waals surface area (Å²) in [6.45, 7) is 0. The van der Waals surface area contributed by atoms with Crippen molar-refractivity contribution in [2.45, 2.75) is 0 Å². The van der Waals surface area contributed by atoms with E-state index in [-0.39, 0.29) is 5.91 Å². The molecule has 1 heterocycles. The van der Waals surface area contributed by atoms with Gasteiger partial charge in [-0.05, 0) is 23.8 Å². The fourth-order valence-corrected chi connectivity index (χ4v) is 2.90. The molecule has 0 aliphatic heterocycles. The lowest BCUT2D eigenvalue weighted by molar-refractivity contribution is -0.111. The van der Waals surface area contributed by atoms with Gasteiger partial charge in [0.1, 0.15) is 0 Å². The Balaban J connectivity index is 1.69. The molecule has 3 aromatic rings. The molecule has 0 saturated heterocycles. The maximum Gasteiger partial charge on any atom is 0.250 e. The Labute approximate surface area is 148 Å². The summed E-state index contributed by atoms with van der Waals surface area (Å²) in [7, 11) is 0. The van der Waals surface area contributed by atoms with Crippen LogP contribution >= 0.6 is 11.3 Å². The molecule has 1 aromatic heterocycles. The molecular weight excluding hydrogens is 334 g/mol. The number of carbonyl (C=O) groups is 2. The molecule has 3 N–H and O–H groups in total. The highest BCUT2D eigenvalue weighted by molar-refractivity contribution is 7.14. The standard InChI is InChI=1S/C19H15N3O2S/c20-18(24)15-8-4-7-14(11-15)16-12-25-19(21-16)22-17(23)10-9-13-5-2-1-3-6-13/h1-12H,(H2,20,24)(H,21,22,23)/b10-9+. The van der Waals surface area contributed by atoms with E-state index in [1.54, 1.807) is 24.3 Å². The highest BCUT2D eigenvalue weighted by Crippen LogP contribution is 2.25. The fourth-order valence-electron chi connectivity index (χ4n) is 2.18. The van der Waals surface area contributed by atoms with Crippen LogP contribution in [0, 0.1) is 0 Å². The third kappa shape index (κ3) is 4.39. The molecule has 6 heteroatoms. The van der Waals surface area contributed by atoms with Gasteiger partial charge in [-0.25, -0.2) is 4.98 Å². The van der Waals surface area contributed by atoms with Crippen molar-refractivity contribution in [1.82, 2.24) is 4.98 Å². The van der Waals surface area contributed by atoms with Crippen LogP contribution in [0.2, 0.25) is 0 Å². The highest BCUT2D eigenvalue weighted by atomic mass is 32.1. The maximum absolute atomic E-state index is 12.0. The number of aromatic nitrogens is 1. The molecule has 0 bridgehead atoms. The zero-order valence-electron chi connectivity index (χ0n) is 13.2. The first kappa shape index (κ1) is 16.6. The number of carbonyl (C=O) groups excluding carboxylic acids is 2. The Morgan fingerprint density at radius 2 is 1.88 bits per heavy atom. The smallest absolute Gasteiger partial charge is 0.250 e. The van der Waals surface area contributed by atoms with Gasteiger partial charge in [-0.15, -0.1) is 11.3 Å². The SMILES string of the molecule is NC(=O)c1cccc(-c2csc(NC(=O)/C=C/c3ccccc3)n2)c1. The molecule has 3 rings (SSSR count). The van der Waals surface area contributed by atoms with Gasteiger partial charge < -0.3 is 5.73 Å². The first-order valence-electron chi connectivity index (χ1n) is 7.52. The number of nitrogens with zero attached hydrogens (tertiary/aromatic N) is 1. The number of nitrogens with one attached hydrogen (secondary N) is 1. The average molecular weight is 349 g/mol. The van der Waals surface area contributed by atoms with Crippen LogP contribution in [-0.4, -0.2) is 16.8 Å².